The fourth-order valence-electron chi connectivity index (χ4n) is 1.95. The topological polar surface area (TPSA) is 43.9 Å². The minimum absolute atomic E-state index is 0.679. The predicted octanol–water partition coefficient (Wildman–Crippen LogP) is 3.61. The van der Waals surface area contributed by atoms with Gasteiger partial charge in [-0.25, -0.2) is 9.97 Å². The maximum absolute atomic E-state index is 5.55. The first-order valence-corrected chi connectivity index (χ1v) is 6.42. The third-order valence-corrected chi connectivity index (χ3v) is 3.93. The summed E-state index contributed by atoms with van der Waals surface area (Å²) in [7, 11) is 1.98. The van der Waals surface area contributed by atoms with Crippen molar-refractivity contribution in [3.8, 4) is 11.3 Å². The van der Waals surface area contributed by atoms with E-state index in [0.717, 1.165) is 32.8 Å². The van der Waals surface area contributed by atoms with Crippen LogP contribution in [0.15, 0.2) is 27.2 Å². The van der Waals surface area contributed by atoms with Gasteiger partial charge in [0.1, 0.15) is 21.6 Å². The lowest BCUT2D eigenvalue weighted by Crippen LogP contribution is -1.90. The average molecular weight is 306 g/mol. The Morgan fingerprint density at radius 2 is 2.00 bits per heavy atom. The highest BCUT2D eigenvalue weighted by Crippen LogP contribution is 2.30. The van der Waals surface area contributed by atoms with E-state index < -0.39 is 0 Å². The van der Waals surface area contributed by atoms with Crippen molar-refractivity contribution in [2.45, 2.75) is 13.8 Å². The maximum Gasteiger partial charge on any atom is 0.192 e. The maximum atomic E-state index is 5.55. The lowest BCUT2D eigenvalue weighted by Gasteiger charge is -1.98. The zero-order valence-electron chi connectivity index (χ0n) is 10.4. The Morgan fingerprint density at radius 3 is 2.67 bits per heavy atom. The van der Waals surface area contributed by atoms with E-state index in [1.165, 1.54) is 0 Å². The minimum atomic E-state index is 0.679. The Hall–Kier alpha value is -1.62. The molecule has 0 bridgehead atoms. The van der Waals surface area contributed by atoms with E-state index in [1.807, 2.05) is 43.7 Å². The van der Waals surface area contributed by atoms with Crippen molar-refractivity contribution in [1.82, 2.24) is 14.5 Å². The van der Waals surface area contributed by atoms with Crippen molar-refractivity contribution < 1.29 is 4.42 Å². The summed E-state index contributed by atoms with van der Waals surface area (Å²) in [5.74, 6) is 1.64. The Bertz CT molecular complexity index is 742. The van der Waals surface area contributed by atoms with Gasteiger partial charge in [0, 0.05) is 19.5 Å². The van der Waals surface area contributed by atoms with Crippen LogP contribution in [0.1, 0.15) is 11.7 Å². The SMILES string of the molecule is Cc1nc2ccc(-c3nc(C)n(C)c3Br)cc2o1. The van der Waals surface area contributed by atoms with E-state index in [9.17, 15) is 0 Å². The number of aryl methyl sites for hydroxylation is 2. The molecule has 3 aromatic rings. The van der Waals surface area contributed by atoms with Gasteiger partial charge >= 0.3 is 0 Å². The van der Waals surface area contributed by atoms with Gasteiger partial charge in [-0.3, -0.25) is 0 Å². The molecular formula is C13H12BrN3O. The molecule has 0 saturated heterocycles. The molecule has 0 unspecified atom stereocenters. The predicted molar refractivity (Wildman–Crippen MR) is 73.4 cm³/mol. The first kappa shape index (κ1) is 11.5. The largest absolute Gasteiger partial charge is 0.441 e. The normalized spacial score (nSPS) is 11.3. The summed E-state index contributed by atoms with van der Waals surface area (Å²) in [6.45, 7) is 3.83. The second-order valence-electron chi connectivity index (χ2n) is 4.27. The first-order valence-electron chi connectivity index (χ1n) is 5.62. The second-order valence-corrected chi connectivity index (χ2v) is 5.02. The number of rotatable bonds is 1. The molecule has 2 aromatic heterocycles. The summed E-state index contributed by atoms with van der Waals surface area (Å²) in [6.07, 6.45) is 0. The molecule has 5 heteroatoms. The van der Waals surface area contributed by atoms with Gasteiger partial charge in [-0.2, -0.15) is 0 Å². The molecule has 92 valence electrons. The van der Waals surface area contributed by atoms with Crippen LogP contribution < -0.4 is 0 Å². The summed E-state index contributed by atoms with van der Waals surface area (Å²) < 4.78 is 8.52. The summed E-state index contributed by atoms with van der Waals surface area (Å²) in [5.41, 5.74) is 3.61. The Morgan fingerprint density at radius 1 is 1.22 bits per heavy atom. The molecule has 2 heterocycles. The minimum Gasteiger partial charge on any atom is -0.441 e. The van der Waals surface area contributed by atoms with Gasteiger partial charge in [-0.1, -0.05) is 6.07 Å². The fraction of sp³-hybridized carbons (Fsp3) is 0.231. The number of hydrogen-bond acceptors (Lipinski definition) is 3. The van der Waals surface area contributed by atoms with E-state index >= 15 is 0 Å². The Labute approximate surface area is 113 Å². The molecule has 0 N–H and O–H groups in total. The lowest BCUT2D eigenvalue weighted by atomic mass is 10.1. The number of oxazole rings is 1. The van der Waals surface area contributed by atoms with Crippen LogP contribution in [0.3, 0.4) is 0 Å². The molecule has 0 saturated carbocycles. The molecule has 3 rings (SSSR count). The Balaban J connectivity index is 2.21. The highest BCUT2D eigenvalue weighted by molar-refractivity contribution is 9.10. The molecule has 0 aliphatic heterocycles. The van der Waals surface area contributed by atoms with Gasteiger partial charge in [-0.05, 0) is 35.0 Å². The average Bonchev–Trinajstić information content (AvgIpc) is 2.82. The third kappa shape index (κ3) is 1.66. The Kier molecular flexibility index (Phi) is 2.52. The van der Waals surface area contributed by atoms with Crippen LogP contribution in [0.5, 0.6) is 0 Å². The number of nitrogens with zero attached hydrogens (tertiary/aromatic N) is 3. The van der Waals surface area contributed by atoms with Crippen LogP contribution in [0, 0.1) is 13.8 Å². The van der Waals surface area contributed by atoms with Crippen molar-refractivity contribution in [3.05, 3.63) is 34.5 Å². The van der Waals surface area contributed by atoms with E-state index in [-0.39, 0.29) is 0 Å². The van der Waals surface area contributed by atoms with Crippen LogP contribution in [-0.4, -0.2) is 14.5 Å². The number of fused-ring (bicyclic) bond motifs is 1. The number of benzene rings is 1. The quantitative estimate of drug-likeness (QED) is 0.690. The van der Waals surface area contributed by atoms with Crippen LogP contribution in [0.25, 0.3) is 22.4 Å². The van der Waals surface area contributed by atoms with Gasteiger partial charge < -0.3 is 8.98 Å². The van der Waals surface area contributed by atoms with Crippen molar-refractivity contribution in [1.29, 1.82) is 0 Å². The standard InChI is InChI=1S/C13H12BrN3O/c1-7-15-12(13(14)17(7)3)9-4-5-10-11(6-9)18-8(2)16-10/h4-6H,1-3H3. The van der Waals surface area contributed by atoms with Gasteiger partial charge in [0.05, 0.1) is 0 Å². The van der Waals surface area contributed by atoms with Crippen molar-refractivity contribution in [3.63, 3.8) is 0 Å². The van der Waals surface area contributed by atoms with Crippen LogP contribution in [0.4, 0.5) is 0 Å². The molecule has 0 amide bonds. The van der Waals surface area contributed by atoms with Crippen molar-refractivity contribution >= 4 is 27.0 Å². The summed E-state index contributed by atoms with van der Waals surface area (Å²) >= 11 is 3.56. The molecule has 1 aromatic carbocycles. The first-order chi connectivity index (χ1) is 8.56. The lowest BCUT2D eigenvalue weighted by molar-refractivity contribution is 0.561. The molecule has 0 radical (unpaired) electrons. The van der Waals surface area contributed by atoms with Gasteiger partial charge in [-0.15, -0.1) is 0 Å². The van der Waals surface area contributed by atoms with Crippen molar-refractivity contribution in [2.75, 3.05) is 0 Å². The van der Waals surface area contributed by atoms with Crippen LogP contribution in [-0.2, 0) is 7.05 Å². The van der Waals surface area contributed by atoms with Gasteiger partial charge in [0.15, 0.2) is 11.5 Å². The van der Waals surface area contributed by atoms with Gasteiger partial charge in [0.25, 0.3) is 0 Å². The third-order valence-electron chi connectivity index (χ3n) is 3.02. The van der Waals surface area contributed by atoms with Crippen molar-refractivity contribution in [2.24, 2.45) is 7.05 Å². The summed E-state index contributed by atoms with van der Waals surface area (Å²) in [6, 6.07) is 5.94. The molecule has 18 heavy (non-hydrogen) atoms. The molecule has 0 fully saturated rings. The molecule has 0 aliphatic carbocycles. The molecule has 0 atom stereocenters. The van der Waals surface area contributed by atoms with Crippen LogP contribution in [0.2, 0.25) is 0 Å². The summed E-state index contributed by atoms with van der Waals surface area (Å²) in [4.78, 5) is 8.84. The molecule has 0 spiro atoms. The number of aromatic nitrogens is 3. The summed E-state index contributed by atoms with van der Waals surface area (Å²) in [5, 5.41) is 0. The smallest absolute Gasteiger partial charge is 0.192 e. The highest BCUT2D eigenvalue weighted by Gasteiger charge is 2.13. The van der Waals surface area contributed by atoms with E-state index in [0.29, 0.717) is 5.89 Å². The zero-order chi connectivity index (χ0) is 12.9. The van der Waals surface area contributed by atoms with Crippen LogP contribution >= 0.6 is 15.9 Å². The van der Waals surface area contributed by atoms with Gasteiger partial charge in [0.2, 0.25) is 0 Å². The molecule has 0 aliphatic rings. The van der Waals surface area contributed by atoms with E-state index in [1.54, 1.807) is 0 Å². The zero-order valence-corrected chi connectivity index (χ0v) is 11.9. The number of halogens is 1. The number of imidazole rings is 1. The number of hydrogen-bond donors (Lipinski definition) is 0. The second kappa shape index (κ2) is 3.95. The van der Waals surface area contributed by atoms with E-state index in [4.69, 9.17) is 4.42 Å². The highest BCUT2D eigenvalue weighted by atomic mass is 79.9. The molecule has 4 nitrogen and oxygen atoms in total. The monoisotopic (exact) mass is 305 g/mol. The fourth-order valence-corrected chi connectivity index (χ4v) is 2.53. The molecular weight excluding hydrogens is 294 g/mol. The van der Waals surface area contributed by atoms with E-state index in [2.05, 4.69) is 25.9 Å².